The summed E-state index contributed by atoms with van der Waals surface area (Å²) in [5, 5.41) is 0. The summed E-state index contributed by atoms with van der Waals surface area (Å²) in [4.78, 5) is 21.5. The largest absolute Gasteiger partial charge is 0.493 e. The van der Waals surface area contributed by atoms with Crippen molar-refractivity contribution in [3.8, 4) is 5.75 Å². The van der Waals surface area contributed by atoms with E-state index >= 15 is 0 Å². The highest BCUT2D eigenvalue weighted by Gasteiger charge is 2.31. The molecule has 0 amide bonds. The van der Waals surface area contributed by atoms with Gasteiger partial charge in [0.1, 0.15) is 11.8 Å². The van der Waals surface area contributed by atoms with E-state index in [2.05, 4.69) is 31.2 Å². The fourth-order valence-corrected chi connectivity index (χ4v) is 4.01. The molecule has 0 radical (unpaired) electrons. The molecule has 34 heavy (non-hydrogen) atoms. The Morgan fingerprint density at radius 1 is 1.24 bits per heavy atom. The standard InChI is InChI=1S/C23H40N4O6S/c1-16(14-23(3,4)17(2)33-26-22(24)25-5)15-32-19-11-9-18(10-12-19)13-20(21(28)31-7)27(6)34(8,29)30/h9-12,16-17,20H,13-15H2,1-8H3,(H3,24,25,26)/t16?,17?,20-/m0/s1. The summed E-state index contributed by atoms with van der Waals surface area (Å²) in [6, 6.07) is 6.32. The molecule has 11 heteroatoms. The summed E-state index contributed by atoms with van der Waals surface area (Å²) in [5.74, 6) is 0.563. The van der Waals surface area contributed by atoms with Gasteiger partial charge in [0, 0.05) is 14.1 Å². The van der Waals surface area contributed by atoms with Crippen LogP contribution < -0.4 is 16.0 Å². The van der Waals surface area contributed by atoms with Gasteiger partial charge in [-0.2, -0.15) is 4.31 Å². The number of esters is 1. The number of methoxy groups -OCH3 is 1. The van der Waals surface area contributed by atoms with Gasteiger partial charge >= 0.3 is 5.97 Å². The van der Waals surface area contributed by atoms with Crippen molar-refractivity contribution < 1.29 is 27.5 Å². The summed E-state index contributed by atoms with van der Waals surface area (Å²) < 4.78 is 35.5. The van der Waals surface area contributed by atoms with E-state index in [1.165, 1.54) is 14.2 Å². The van der Waals surface area contributed by atoms with Gasteiger partial charge < -0.3 is 15.2 Å². The molecule has 0 aromatic heterocycles. The Balaban J connectivity index is 2.68. The van der Waals surface area contributed by atoms with Crippen molar-refractivity contribution in [1.82, 2.24) is 9.79 Å². The predicted molar refractivity (Wildman–Crippen MR) is 133 cm³/mol. The number of nitrogens with zero attached hydrogens (tertiary/aromatic N) is 2. The lowest BCUT2D eigenvalue weighted by Gasteiger charge is -2.33. The number of hydroxylamine groups is 1. The van der Waals surface area contributed by atoms with Crippen molar-refractivity contribution in [2.45, 2.75) is 52.7 Å². The smallest absolute Gasteiger partial charge is 0.324 e. The van der Waals surface area contributed by atoms with Crippen LogP contribution in [0.5, 0.6) is 5.75 Å². The van der Waals surface area contributed by atoms with Crippen LogP contribution in [0.25, 0.3) is 0 Å². The zero-order valence-corrected chi connectivity index (χ0v) is 22.3. The lowest BCUT2D eigenvalue weighted by molar-refractivity contribution is -0.144. The van der Waals surface area contributed by atoms with Crippen molar-refractivity contribution in [3.05, 3.63) is 29.8 Å². The van der Waals surface area contributed by atoms with Crippen LogP contribution in [0.15, 0.2) is 29.3 Å². The van der Waals surface area contributed by atoms with Crippen LogP contribution in [0, 0.1) is 11.3 Å². The summed E-state index contributed by atoms with van der Waals surface area (Å²) in [5.41, 5.74) is 8.91. The lowest BCUT2D eigenvalue weighted by Crippen LogP contribution is -2.43. The highest BCUT2D eigenvalue weighted by molar-refractivity contribution is 7.88. The maximum Gasteiger partial charge on any atom is 0.324 e. The maximum absolute atomic E-state index is 12.1. The molecule has 3 N–H and O–H groups in total. The molecule has 0 aliphatic rings. The molecule has 0 saturated carbocycles. The van der Waals surface area contributed by atoms with Crippen molar-refractivity contribution >= 4 is 22.0 Å². The molecule has 0 saturated heterocycles. The van der Waals surface area contributed by atoms with E-state index in [0.29, 0.717) is 12.4 Å². The fourth-order valence-electron chi connectivity index (χ4n) is 3.39. The SMILES string of the molecule is CN=C(N)NOC(C)C(C)(C)CC(C)COc1ccc(C[C@@H](C(=O)OC)N(C)S(C)(=O)=O)cc1. The summed E-state index contributed by atoms with van der Waals surface area (Å²) in [6.45, 7) is 8.85. The molecule has 0 spiro atoms. The third kappa shape index (κ3) is 9.47. The molecular weight excluding hydrogens is 460 g/mol. The average molecular weight is 501 g/mol. The molecule has 194 valence electrons. The molecule has 0 bridgehead atoms. The van der Waals surface area contributed by atoms with E-state index in [1.807, 2.05) is 31.2 Å². The summed E-state index contributed by atoms with van der Waals surface area (Å²) in [6.07, 6.45) is 2.00. The van der Waals surface area contributed by atoms with Crippen LogP contribution in [0.4, 0.5) is 0 Å². The molecule has 0 heterocycles. The van der Waals surface area contributed by atoms with Gasteiger partial charge in [0.25, 0.3) is 0 Å². The summed E-state index contributed by atoms with van der Waals surface area (Å²) >= 11 is 0. The van der Waals surface area contributed by atoms with Gasteiger partial charge in [-0.3, -0.25) is 14.6 Å². The number of hydrogen-bond donors (Lipinski definition) is 2. The molecule has 1 aromatic carbocycles. The number of rotatable bonds is 13. The maximum atomic E-state index is 12.1. The molecule has 1 rings (SSSR count). The molecule has 0 aliphatic carbocycles. The number of nitrogens with one attached hydrogen (secondary N) is 1. The van der Waals surface area contributed by atoms with Gasteiger partial charge in [0.2, 0.25) is 16.0 Å². The number of ether oxygens (including phenoxy) is 2. The van der Waals surface area contributed by atoms with Crippen LogP contribution in [-0.4, -0.2) is 70.9 Å². The topological polar surface area (TPSA) is 133 Å². The van der Waals surface area contributed by atoms with Gasteiger partial charge in [-0.1, -0.05) is 32.9 Å². The quantitative estimate of drug-likeness (QED) is 0.182. The van der Waals surface area contributed by atoms with Crippen LogP contribution in [-0.2, 0) is 30.8 Å². The number of nitrogens with two attached hydrogens (primary N) is 1. The normalized spacial score (nSPS) is 15.5. The molecule has 3 atom stereocenters. The first kappa shape index (κ1) is 29.7. The van der Waals surface area contributed by atoms with E-state index in [0.717, 1.165) is 22.5 Å². The van der Waals surface area contributed by atoms with Crippen molar-refractivity contribution in [1.29, 1.82) is 0 Å². The Morgan fingerprint density at radius 3 is 2.32 bits per heavy atom. The Morgan fingerprint density at radius 2 is 1.82 bits per heavy atom. The molecule has 0 aliphatic heterocycles. The van der Waals surface area contributed by atoms with Crippen LogP contribution in [0.2, 0.25) is 0 Å². The highest BCUT2D eigenvalue weighted by atomic mass is 32.2. The van der Waals surface area contributed by atoms with E-state index in [9.17, 15) is 13.2 Å². The van der Waals surface area contributed by atoms with Gasteiger partial charge in [-0.15, -0.1) is 0 Å². The Labute approximate surface area is 203 Å². The number of hydrogen-bond acceptors (Lipinski definition) is 7. The number of aliphatic imine (C=N–C) groups is 1. The molecular formula is C23H40N4O6S. The minimum absolute atomic E-state index is 0.109. The summed E-state index contributed by atoms with van der Waals surface area (Å²) in [7, 11) is 0.637. The van der Waals surface area contributed by atoms with E-state index in [4.69, 9.17) is 20.0 Å². The second-order valence-corrected chi connectivity index (χ2v) is 11.3. The second-order valence-electron chi connectivity index (χ2n) is 9.25. The Hall–Kier alpha value is -2.37. The Kier molecular flexibility index (Phi) is 11.3. The van der Waals surface area contributed by atoms with Crippen LogP contribution in [0.3, 0.4) is 0 Å². The van der Waals surface area contributed by atoms with E-state index < -0.39 is 22.0 Å². The second kappa shape index (κ2) is 12.9. The first-order valence-corrected chi connectivity index (χ1v) is 12.9. The van der Waals surface area contributed by atoms with Crippen LogP contribution >= 0.6 is 0 Å². The van der Waals surface area contributed by atoms with Gasteiger partial charge in [-0.05, 0) is 48.8 Å². The van der Waals surface area contributed by atoms with Crippen molar-refractivity contribution in [2.75, 3.05) is 34.1 Å². The zero-order chi connectivity index (χ0) is 26.1. The minimum Gasteiger partial charge on any atom is -0.493 e. The predicted octanol–water partition coefficient (Wildman–Crippen LogP) is 1.95. The molecule has 0 fully saturated rings. The number of guanidine groups is 1. The molecule has 2 unspecified atom stereocenters. The number of likely N-dealkylation sites (N-methyl/N-ethyl adjacent to an activating group) is 1. The lowest BCUT2D eigenvalue weighted by atomic mass is 9.79. The van der Waals surface area contributed by atoms with Crippen LogP contribution in [0.1, 0.15) is 39.7 Å². The molecule has 10 nitrogen and oxygen atoms in total. The first-order chi connectivity index (χ1) is 15.7. The number of carbonyl (C=O) groups is 1. The minimum atomic E-state index is -3.55. The number of carbonyl (C=O) groups excluding carboxylic acids is 1. The van der Waals surface area contributed by atoms with Crippen molar-refractivity contribution in [3.63, 3.8) is 0 Å². The molecule has 1 aromatic rings. The third-order valence-electron chi connectivity index (χ3n) is 5.88. The number of sulfonamides is 1. The average Bonchev–Trinajstić information content (AvgIpc) is 2.78. The first-order valence-electron chi connectivity index (χ1n) is 11.1. The van der Waals surface area contributed by atoms with Gasteiger partial charge in [0.05, 0.1) is 26.1 Å². The van der Waals surface area contributed by atoms with Gasteiger partial charge in [0.15, 0.2) is 0 Å². The van der Waals surface area contributed by atoms with E-state index in [-0.39, 0.29) is 29.8 Å². The highest BCUT2D eigenvalue weighted by Crippen LogP contribution is 2.31. The fraction of sp³-hybridized carbons (Fsp3) is 0.652. The van der Waals surface area contributed by atoms with Gasteiger partial charge in [-0.25, -0.2) is 13.9 Å². The third-order valence-corrected chi connectivity index (χ3v) is 7.18. The van der Waals surface area contributed by atoms with E-state index in [1.54, 1.807) is 7.05 Å². The van der Waals surface area contributed by atoms with Crippen molar-refractivity contribution in [2.24, 2.45) is 22.1 Å². The number of benzene rings is 1. The zero-order valence-electron chi connectivity index (χ0n) is 21.5. The monoisotopic (exact) mass is 500 g/mol. The Bertz CT molecular complexity index is 918.